The fraction of sp³-hybridized carbons (Fsp3) is 0.143. The zero-order valence-corrected chi connectivity index (χ0v) is 11.3. The van der Waals surface area contributed by atoms with E-state index in [4.69, 9.17) is 16.9 Å². The van der Waals surface area contributed by atoms with Gasteiger partial charge in [0, 0.05) is 18.3 Å². The van der Waals surface area contributed by atoms with Crippen LogP contribution in [0.5, 0.6) is 0 Å². The average Bonchev–Trinajstić information content (AvgIpc) is 2.40. The molecule has 0 aliphatic carbocycles. The highest BCUT2D eigenvalue weighted by Gasteiger charge is 2.12. The van der Waals surface area contributed by atoms with Crippen molar-refractivity contribution in [2.24, 2.45) is 0 Å². The smallest absolute Gasteiger partial charge is 0.152 e. The van der Waals surface area contributed by atoms with Gasteiger partial charge in [-0.25, -0.2) is 13.8 Å². The first kappa shape index (κ1) is 14.2. The van der Waals surface area contributed by atoms with Gasteiger partial charge in [0.15, 0.2) is 5.15 Å². The van der Waals surface area contributed by atoms with Crippen LogP contribution < -0.4 is 5.32 Å². The second-order valence-electron chi connectivity index (χ2n) is 4.18. The molecule has 0 spiro atoms. The van der Waals surface area contributed by atoms with Crippen LogP contribution in [0.4, 0.5) is 14.5 Å². The maximum absolute atomic E-state index is 13.7. The maximum Gasteiger partial charge on any atom is 0.152 e. The van der Waals surface area contributed by atoms with Crippen LogP contribution in [0.3, 0.4) is 0 Å². The van der Waals surface area contributed by atoms with Crippen LogP contribution in [-0.2, 0) is 6.54 Å². The Bertz CT molecular complexity index is 652. The Morgan fingerprint density at radius 3 is 2.55 bits per heavy atom. The van der Waals surface area contributed by atoms with E-state index in [0.29, 0.717) is 5.69 Å². The third-order valence-corrected chi connectivity index (χ3v) is 3.11. The van der Waals surface area contributed by atoms with Crippen LogP contribution in [0.2, 0.25) is 5.15 Å². The molecule has 0 atom stereocenters. The minimum Gasteiger partial charge on any atom is -0.378 e. The number of aryl methyl sites for hydroxylation is 1. The Hall–Kier alpha value is -2.19. The van der Waals surface area contributed by atoms with Gasteiger partial charge in [0.25, 0.3) is 0 Å². The molecule has 6 heteroatoms. The van der Waals surface area contributed by atoms with Gasteiger partial charge in [-0.05, 0) is 30.7 Å². The molecule has 1 aromatic carbocycles. The maximum atomic E-state index is 13.7. The topological polar surface area (TPSA) is 48.7 Å². The van der Waals surface area contributed by atoms with Crippen molar-refractivity contribution < 1.29 is 8.78 Å². The Morgan fingerprint density at radius 1 is 1.35 bits per heavy atom. The molecular formula is C14H10ClF2N3. The second-order valence-corrected chi connectivity index (χ2v) is 4.54. The predicted octanol–water partition coefficient (Wildman–Crippen LogP) is 3.81. The van der Waals surface area contributed by atoms with Crippen LogP contribution in [0.15, 0.2) is 24.4 Å². The van der Waals surface area contributed by atoms with Crippen molar-refractivity contribution in [2.45, 2.75) is 13.5 Å². The highest BCUT2D eigenvalue weighted by Crippen LogP contribution is 2.24. The molecule has 0 saturated carbocycles. The van der Waals surface area contributed by atoms with E-state index in [1.54, 1.807) is 25.3 Å². The van der Waals surface area contributed by atoms with Gasteiger partial charge >= 0.3 is 0 Å². The number of nitriles is 1. The summed E-state index contributed by atoms with van der Waals surface area (Å²) in [7, 11) is 0. The summed E-state index contributed by atoms with van der Waals surface area (Å²) in [5.41, 5.74) is 1.14. The highest BCUT2D eigenvalue weighted by atomic mass is 35.5. The van der Waals surface area contributed by atoms with Crippen molar-refractivity contribution in [2.75, 3.05) is 5.32 Å². The lowest BCUT2D eigenvalue weighted by Crippen LogP contribution is -2.07. The van der Waals surface area contributed by atoms with Crippen molar-refractivity contribution in [3.05, 3.63) is 57.9 Å². The van der Waals surface area contributed by atoms with E-state index in [0.717, 1.165) is 17.7 Å². The number of anilines is 1. The fourth-order valence-corrected chi connectivity index (χ4v) is 2.02. The number of nitrogens with one attached hydrogen (secondary N) is 1. The van der Waals surface area contributed by atoms with Crippen molar-refractivity contribution >= 4 is 17.3 Å². The number of hydrogen-bond donors (Lipinski definition) is 1. The Labute approximate surface area is 119 Å². The number of halogens is 3. The van der Waals surface area contributed by atoms with Crippen LogP contribution >= 0.6 is 11.6 Å². The molecule has 0 bridgehead atoms. The molecule has 0 aliphatic heterocycles. The summed E-state index contributed by atoms with van der Waals surface area (Å²) in [6.07, 6.45) is 1.55. The molecule has 20 heavy (non-hydrogen) atoms. The molecule has 3 nitrogen and oxygen atoms in total. The number of rotatable bonds is 3. The summed E-state index contributed by atoms with van der Waals surface area (Å²) >= 11 is 5.92. The summed E-state index contributed by atoms with van der Waals surface area (Å²) < 4.78 is 27.4. The fourth-order valence-electron chi connectivity index (χ4n) is 1.75. The summed E-state index contributed by atoms with van der Waals surface area (Å²) in [5.74, 6) is -1.54. The van der Waals surface area contributed by atoms with E-state index in [2.05, 4.69) is 10.3 Å². The van der Waals surface area contributed by atoms with Gasteiger partial charge in [0.05, 0.1) is 17.3 Å². The van der Waals surface area contributed by atoms with Crippen LogP contribution in [-0.4, -0.2) is 4.98 Å². The van der Waals surface area contributed by atoms with Crippen molar-refractivity contribution in [1.29, 1.82) is 5.26 Å². The lowest BCUT2D eigenvalue weighted by molar-refractivity contribution is 0.559. The highest BCUT2D eigenvalue weighted by molar-refractivity contribution is 6.32. The first-order valence-electron chi connectivity index (χ1n) is 5.76. The zero-order valence-electron chi connectivity index (χ0n) is 10.5. The van der Waals surface area contributed by atoms with Crippen LogP contribution in [0.25, 0.3) is 0 Å². The second kappa shape index (κ2) is 5.85. The number of aromatic nitrogens is 1. The van der Waals surface area contributed by atoms with E-state index in [-0.39, 0.29) is 22.8 Å². The van der Waals surface area contributed by atoms with E-state index in [1.807, 2.05) is 0 Å². The molecule has 0 amide bonds. The first-order valence-corrected chi connectivity index (χ1v) is 6.13. The first-order chi connectivity index (χ1) is 9.52. The normalized spacial score (nSPS) is 10.2. The van der Waals surface area contributed by atoms with Crippen molar-refractivity contribution in [3.63, 3.8) is 0 Å². The molecule has 102 valence electrons. The van der Waals surface area contributed by atoms with Crippen LogP contribution in [0, 0.1) is 29.9 Å². The minimum absolute atomic E-state index is 0.0562. The van der Waals surface area contributed by atoms with Gasteiger partial charge in [-0.1, -0.05) is 11.6 Å². The molecule has 0 saturated heterocycles. The third kappa shape index (κ3) is 2.86. The monoisotopic (exact) mass is 293 g/mol. The minimum atomic E-state index is -0.772. The standard InChI is InChI=1S/C14H10ClF2N3/c1-8-2-3-19-14(15)13(8)20-7-10-11(16)4-9(6-18)5-12(10)17/h2-5,20H,7H2,1H3. The lowest BCUT2D eigenvalue weighted by Gasteiger charge is -2.12. The Morgan fingerprint density at radius 2 is 2.00 bits per heavy atom. The summed E-state index contributed by atoms with van der Waals surface area (Å²) in [6, 6.07) is 5.43. The average molecular weight is 294 g/mol. The van der Waals surface area contributed by atoms with Gasteiger partial charge in [0.1, 0.15) is 11.6 Å². The lowest BCUT2D eigenvalue weighted by atomic mass is 10.1. The van der Waals surface area contributed by atoms with E-state index >= 15 is 0 Å². The third-order valence-electron chi connectivity index (χ3n) is 2.83. The molecule has 1 N–H and O–H groups in total. The zero-order chi connectivity index (χ0) is 14.7. The molecule has 0 aliphatic rings. The largest absolute Gasteiger partial charge is 0.378 e. The van der Waals surface area contributed by atoms with Gasteiger partial charge in [-0.3, -0.25) is 0 Å². The van der Waals surface area contributed by atoms with Gasteiger partial charge in [-0.15, -0.1) is 0 Å². The summed E-state index contributed by atoms with van der Waals surface area (Å²) in [5, 5.41) is 11.7. The molecular weight excluding hydrogens is 284 g/mol. The molecule has 0 fully saturated rings. The molecule has 1 heterocycles. The molecule has 0 unspecified atom stereocenters. The number of benzene rings is 1. The summed E-state index contributed by atoms with van der Waals surface area (Å²) in [6.45, 7) is 1.72. The number of pyridine rings is 1. The predicted molar refractivity (Wildman–Crippen MR) is 72.4 cm³/mol. The number of nitrogens with zero attached hydrogens (tertiary/aromatic N) is 2. The van der Waals surface area contributed by atoms with Crippen LogP contribution in [0.1, 0.15) is 16.7 Å². The quantitative estimate of drug-likeness (QED) is 0.876. The van der Waals surface area contributed by atoms with Gasteiger partial charge in [-0.2, -0.15) is 5.26 Å². The van der Waals surface area contributed by atoms with E-state index < -0.39 is 11.6 Å². The van der Waals surface area contributed by atoms with E-state index in [1.165, 1.54) is 0 Å². The van der Waals surface area contributed by atoms with Gasteiger partial charge < -0.3 is 5.32 Å². The van der Waals surface area contributed by atoms with E-state index in [9.17, 15) is 8.78 Å². The molecule has 1 aromatic heterocycles. The van der Waals surface area contributed by atoms with Crippen molar-refractivity contribution in [1.82, 2.24) is 4.98 Å². The molecule has 2 rings (SSSR count). The SMILES string of the molecule is Cc1ccnc(Cl)c1NCc1c(F)cc(C#N)cc1F. The van der Waals surface area contributed by atoms with Gasteiger partial charge in [0.2, 0.25) is 0 Å². The Kier molecular flexibility index (Phi) is 4.16. The number of hydrogen-bond acceptors (Lipinski definition) is 3. The van der Waals surface area contributed by atoms with Crippen molar-refractivity contribution in [3.8, 4) is 6.07 Å². The molecule has 0 radical (unpaired) electrons. The Balaban J connectivity index is 2.26. The molecule has 2 aromatic rings. The summed E-state index contributed by atoms with van der Waals surface area (Å²) in [4.78, 5) is 3.90.